The van der Waals surface area contributed by atoms with Crippen LogP contribution < -0.4 is 16.2 Å². The topological polar surface area (TPSA) is 58.4 Å². The third-order valence-corrected chi connectivity index (χ3v) is 3.09. The molecule has 16 heavy (non-hydrogen) atoms. The molecular weight excluding hydrogens is 202 g/mol. The van der Waals surface area contributed by atoms with Crippen LogP contribution in [-0.2, 0) is 11.2 Å². The Bertz CT molecular complexity index is 392. The monoisotopic (exact) mass is 219 g/mol. The normalized spacial score (nSPS) is 18.4. The maximum absolute atomic E-state index is 11.1. The molecule has 0 saturated carbocycles. The Hall–Kier alpha value is -1.55. The van der Waals surface area contributed by atoms with Crippen molar-refractivity contribution in [3.05, 3.63) is 29.8 Å². The number of fused-ring (bicyclic) bond motifs is 1. The van der Waals surface area contributed by atoms with Crippen LogP contribution >= 0.6 is 0 Å². The van der Waals surface area contributed by atoms with Crippen LogP contribution in [-0.4, -0.2) is 18.5 Å². The fraction of sp³-hybridized carbons (Fsp3) is 0.417. The van der Waals surface area contributed by atoms with Crippen molar-refractivity contribution < 1.29 is 4.79 Å². The molecule has 1 atom stereocenters. The molecule has 1 unspecified atom stereocenters. The smallest absolute Gasteiger partial charge is 0.235 e. The van der Waals surface area contributed by atoms with E-state index in [1.807, 2.05) is 6.07 Å². The summed E-state index contributed by atoms with van der Waals surface area (Å²) in [5, 5.41) is 0. The Labute approximate surface area is 95.4 Å². The summed E-state index contributed by atoms with van der Waals surface area (Å²) in [6.45, 7) is 2.90. The molecule has 1 aliphatic rings. The van der Waals surface area contributed by atoms with Crippen LogP contribution in [0.4, 0.5) is 5.69 Å². The summed E-state index contributed by atoms with van der Waals surface area (Å²) in [5.74, 6) is 4.95. The second kappa shape index (κ2) is 4.53. The van der Waals surface area contributed by atoms with Crippen LogP contribution in [0, 0.1) is 0 Å². The number of carbonyl (C=O) groups excluding carboxylic acids is 1. The zero-order valence-electron chi connectivity index (χ0n) is 9.44. The van der Waals surface area contributed by atoms with Crippen molar-refractivity contribution in [1.82, 2.24) is 5.43 Å². The molecule has 3 N–H and O–H groups in total. The number of hydrogen-bond donors (Lipinski definition) is 2. The Morgan fingerprint density at radius 2 is 2.31 bits per heavy atom. The highest BCUT2D eigenvalue weighted by atomic mass is 16.2. The zero-order chi connectivity index (χ0) is 11.5. The number of nitrogens with zero attached hydrogens (tertiary/aromatic N) is 1. The molecule has 1 amide bonds. The molecule has 0 aliphatic carbocycles. The third-order valence-electron chi connectivity index (χ3n) is 3.09. The van der Waals surface area contributed by atoms with Gasteiger partial charge >= 0.3 is 0 Å². The molecule has 0 bridgehead atoms. The van der Waals surface area contributed by atoms with E-state index in [-0.39, 0.29) is 5.91 Å². The summed E-state index contributed by atoms with van der Waals surface area (Å²) in [6.07, 6.45) is 1.50. The Balaban J connectivity index is 2.07. The zero-order valence-corrected chi connectivity index (χ0v) is 9.44. The van der Waals surface area contributed by atoms with Crippen LogP contribution in [0.1, 0.15) is 18.9 Å². The van der Waals surface area contributed by atoms with Crippen LogP contribution in [0.5, 0.6) is 0 Å². The summed E-state index contributed by atoms with van der Waals surface area (Å²) < 4.78 is 0. The molecule has 0 fully saturated rings. The molecule has 0 spiro atoms. The molecule has 1 heterocycles. The number of nitrogens with two attached hydrogens (primary N) is 1. The predicted octanol–water partition coefficient (Wildman–Crippen LogP) is 0.818. The number of carbonyl (C=O) groups is 1. The van der Waals surface area contributed by atoms with Gasteiger partial charge in [-0.15, -0.1) is 0 Å². The third kappa shape index (κ3) is 2.02. The maximum Gasteiger partial charge on any atom is 0.235 e. The first-order valence-electron chi connectivity index (χ1n) is 5.56. The molecule has 1 aliphatic heterocycles. The van der Waals surface area contributed by atoms with Crippen molar-refractivity contribution in [2.24, 2.45) is 5.84 Å². The van der Waals surface area contributed by atoms with E-state index in [4.69, 9.17) is 5.84 Å². The molecule has 2 rings (SSSR count). The molecular formula is C12H17N3O. The minimum absolute atomic E-state index is 0.114. The van der Waals surface area contributed by atoms with E-state index in [2.05, 4.69) is 35.4 Å². The van der Waals surface area contributed by atoms with Gasteiger partial charge < -0.3 is 4.90 Å². The highest BCUT2D eigenvalue weighted by Crippen LogP contribution is 2.31. The van der Waals surface area contributed by atoms with Gasteiger partial charge in [-0.1, -0.05) is 18.2 Å². The van der Waals surface area contributed by atoms with Gasteiger partial charge in [0.2, 0.25) is 5.91 Å². The number of para-hydroxylation sites is 1. The van der Waals surface area contributed by atoms with E-state index in [1.165, 1.54) is 11.3 Å². The summed E-state index contributed by atoms with van der Waals surface area (Å²) >= 11 is 0. The van der Waals surface area contributed by atoms with Gasteiger partial charge in [-0.05, 0) is 25.0 Å². The minimum atomic E-state index is -0.114. The van der Waals surface area contributed by atoms with Gasteiger partial charge in [0.05, 0.1) is 0 Å². The molecule has 0 radical (unpaired) electrons. The quantitative estimate of drug-likeness (QED) is 0.449. The van der Waals surface area contributed by atoms with E-state index in [1.54, 1.807) is 0 Å². The van der Waals surface area contributed by atoms with Crippen molar-refractivity contribution in [3.63, 3.8) is 0 Å². The first kappa shape index (κ1) is 11.0. The lowest BCUT2D eigenvalue weighted by Gasteiger charge is -2.24. The van der Waals surface area contributed by atoms with E-state index in [0.717, 1.165) is 13.0 Å². The lowest BCUT2D eigenvalue weighted by molar-refractivity contribution is -0.120. The lowest BCUT2D eigenvalue weighted by Crippen LogP contribution is -2.36. The number of nitrogens with one attached hydrogen (secondary N) is 1. The van der Waals surface area contributed by atoms with Gasteiger partial charge in [0.25, 0.3) is 0 Å². The predicted molar refractivity (Wildman–Crippen MR) is 63.9 cm³/mol. The average Bonchev–Trinajstić information content (AvgIpc) is 2.62. The Kier molecular flexibility index (Phi) is 3.10. The summed E-state index contributed by atoms with van der Waals surface area (Å²) in [4.78, 5) is 13.4. The Morgan fingerprint density at radius 3 is 3.06 bits per heavy atom. The van der Waals surface area contributed by atoms with Crippen LogP contribution in [0.15, 0.2) is 24.3 Å². The van der Waals surface area contributed by atoms with E-state index >= 15 is 0 Å². The second-order valence-corrected chi connectivity index (χ2v) is 4.19. The summed E-state index contributed by atoms with van der Waals surface area (Å²) in [5.41, 5.74) is 4.78. The number of anilines is 1. The number of hydrazine groups is 1. The maximum atomic E-state index is 11.1. The highest BCUT2D eigenvalue weighted by Gasteiger charge is 2.25. The molecule has 0 aromatic heterocycles. The van der Waals surface area contributed by atoms with Crippen molar-refractivity contribution in [2.45, 2.75) is 25.8 Å². The van der Waals surface area contributed by atoms with Gasteiger partial charge in [-0.3, -0.25) is 10.2 Å². The van der Waals surface area contributed by atoms with E-state index in [0.29, 0.717) is 12.5 Å². The molecule has 4 heteroatoms. The fourth-order valence-corrected chi connectivity index (χ4v) is 2.26. The van der Waals surface area contributed by atoms with Crippen molar-refractivity contribution in [3.8, 4) is 0 Å². The van der Waals surface area contributed by atoms with Gasteiger partial charge in [-0.25, -0.2) is 5.84 Å². The van der Waals surface area contributed by atoms with Gasteiger partial charge in [-0.2, -0.15) is 0 Å². The summed E-state index contributed by atoms with van der Waals surface area (Å²) in [7, 11) is 0. The fourth-order valence-electron chi connectivity index (χ4n) is 2.26. The van der Waals surface area contributed by atoms with E-state index < -0.39 is 0 Å². The summed E-state index contributed by atoms with van der Waals surface area (Å²) in [6, 6.07) is 8.81. The highest BCUT2D eigenvalue weighted by molar-refractivity contribution is 5.76. The number of hydrogen-bond acceptors (Lipinski definition) is 3. The van der Waals surface area contributed by atoms with Gasteiger partial charge in [0.15, 0.2) is 0 Å². The van der Waals surface area contributed by atoms with Crippen LogP contribution in [0.2, 0.25) is 0 Å². The second-order valence-electron chi connectivity index (χ2n) is 4.19. The van der Waals surface area contributed by atoms with Gasteiger partial charge in [0.1, 0.15) is 0 Å². The standard InChI is InChI=1S/C12H17N3O/c1-9-8-10-4-2-3-5-11(10)15(9)7-6-12(16)14-13/h2-5,9H,6-8,13H2,1H3,(H,14,16). The van der Waals surface area contributed by atoms with Gasteiger partial charge in [0, 0.05) is 24.7 Å². The molecule has 86 valence electrons. The minimum Gasteiger partial charge on any atom is -0.368 e. The van der Waals surface area contributed by atoms with Crippen molar-refractivity contribution >= 4 is 11.6 Å². The first-order valence-corrected chi connectivity index (χ1v) is 5.56. The number of rotatable bonds is 3. The van der Waals surface area contributed by atoms with Crippen molar-refractivity contribution in [1.29, 1.82) is 0 Å². The molecule has 1 aromatic carbocycles. The number of amides is 1. The van der Waals surface area contributed by atoms with Crippen LogP contribution in [0.25, 0.3) is 0 Å². The molecule has 0 saturated heterocycles. The van der Waals surface area contributed by atoms with Crippen molar-refractivity contribution in [2.75, 3.05) is 11.4 Å². The van der Waals surface area contributed by atoms with E-state index in [9.17, 15) is 4.79 Å². The lowest BCUT2D eigenvalue weighted by atomic mass is 10.1. The first-order chi connectivity index (χ1) is 7.72. The number of benzene rings is 1. The van der Waals surface area contributed by atoms with Crippen LogP contribution in [0.3, 0.4) is 0 Å². The average molecular weight is 219 g/mol. The largest absolute Gasteiger partial charge is 0.368 e. The Morgan fingerprint density at radius 1 is 1.56 bits per heavy atom. The molecule has 4 nitrogen and oxygen atoms in total. The SMILES string of the molecule is CC1Cc2ccccc2N1CCC(=O)NN. The molecule has 1 aromatic rings.